The Bertz CT molecular complexity index is 486. The Kier molecular flexibility index (Phi) is 7.57. The molecular formula is C22H39N3O2. The predicted octanol–water partition coefficient (Wildman–Crippen LogP) is 3.14. The maximum absolute atomic E-state index is 13.3. The van der Waals surface area contributed by atoms with E-state index in [2.05, 4.69) is 23.6 Å². The van der Waals surface area contributed by atoms with E-state index in [-0.39, 0.29) is 12.0 Å². The van der Waals surface area contributed by atoms with E-state index >= 15 is 0 Å². The summed E-state index contributed by atoms with van der Waals surface area (Å²) in [5, 5.41) is 0. The van der Waals surface area contributed by atoms with Crippen LogP contribution in [0.4, 0.5) is 0 Å². The number of hydrogen-bond acceptors (Lipinski definition) is 3. The van der Waals surface area contributed by atoms with Gasteiger partial charge in [-0.1, -0.05) is 32.1 Å². The van der Waals surface area contributed by atoms with Crippen LogP contribution in [-0.2, 0) is 9.59 Å². The summed E-state index contributed by atoms with van der Waals surface area (Å²) in [5.41, 5.74) is 0. The molecule has 154 valence electrons. The number of hydrogen-bond donors (Lipinski definition) is 0. The van der Waals surface area contributed by atoms with Crippen LogP contribution in [0.5, 0.6) is 0 Å². The molecule has 5 heteroatoms. The summed E-state index contributed by atoms with van der Waals surface area (Å²) >= 11 is 0. The Labute approximate surface area is 165 Å². The molecule has 2 amide bonds. The van der Waals surface area contributed by atoms with Crippen LogP contribution in [0.2, 0.25) is 0 Å². The smallest absolute Gasteiger partial charge is 0.240 e. The number of piperazine rings is 1. The van der Waals surface area contributed by atoms with Gasteiger partial charge in [0.1, 0.15) is 0 Å². The summed E-state index contributed by atoms with van der Waals surface area (Å²) in [4.78, 5) is 32.6. The second-order valence-electron chi connectivity index (χ2n) is 8.70. The number of likely N-dealkylation sites (N-methyl/N-ethyl adjacent to an activating group) is 1. The van der Waals surface area contributed by atoms with Crippen LogP contribution in [0.25, 0.3) is 0 Å². The lowest BCUT2D eigenvalue weighted by molar-refractivity contribution is -0.143. The van der Waals surface area contributed by atoms with Crippen molar-refractivity contribution < 1.29 is 9.59 Å². The average molecular weight is 378 g/mol. The lowest BCUT2D eigenvalue weighted by atomic mass is 9.88. The van der Waals surface area contributed by atoms with E-state index in [0.717, 1.165) is 52.1 Å². The van der Waals surface area contributed by atoms with Gasteiger partial charge in [0.25, 0.3) is 0 Å². The van der Waals surface area contributed by atoms with Gasteiger partial charge in [0, 0.05) is 45.2 Å². The molecular weight excluding hydrogens is 338 g/mol. The molecule has 27 heavy (non-hydrogen) atoms. The Morgan fingerprint density at radius 3 is 1.96 bits per heavy atom. The fraction of sp³-hybridized carbons (Fsp3) is 0.909. The highest BCUT2D eigenvalue weighted by molar-refractivity contribution is 5.82. The molecule has 3 aliphatic rings. The van der Waals surface area contributed by atoms with Gasteiger partial charge in [0.05, 0.1) is 6.04 Å². The summed E-state index contributed by atoms with van der Waals surface area (Å²) in [6.07, 6.45) is 10.7. The van der Waals surface area contributed by atoms with Crippen molar-refractivity contribution in [3.05, 3.63) is 0 Å². The molecule has 3 fully saturated rings. The molecule has 1 unspecified atom stereocenters. The second-order valence-corrected chi connectivity index (χ2v) is 8.70. The van der Waals surface area contributed by atoms with Gasteiger partial charge in [0.2, 0.25) is 11.8 Å². The van der Waals surface area contributed by atoms with Crippen LogP contribution in [-0.4, -0.2) is 71.8 Å². The highest BCUT2D eigenvalue weighted by Crippen LogP contribution is 2.32. The highest BCUT2D eigenvalue weighted by Gasteiger charge is 2.39. The van der Waals surface area contributed by atoms with Crippen LogP contribution in [0.1, 0.15) is 71.6 Å². The number of carbonyl (C=O) groups is 2. The zero-order valence-electron chi connectivity index (χ0n) is 17.5. The van der Waals surface area contributed by atoms with Crippen molar-refractivity contribution in [2.24, 2.45) is 11.8 Å². The molecule has 0 aromatic heterocycles. The predicted molar refractivity (Wildman–Crippen MR) is 108 cm³/mol. The van der Waals surface area contributed by atoms with Gasteiger partial charge in [-0.2, -0.15) is 0 Å². The molecule has 1 atom stereocenters. The van der Waals surface area contributed by atoms with Crippen molar-refractivity contribution in [2.45, 2.75) is 77.7 Å². The molecule has 5 nitrogen and oxygen atoms in total. The minimum Gasteiger partial charge on any atom is -0.342 e. The zero-order chi connectivity index (χ0) is 19.2. The molecule has 1 heterocycles. The minimum absolute atomic E-state index is 0.0272. The molecule has 0 spiro atoms. The van der Waals surface area contributed by atoms with E-state index in [1.807, 2.05) is 4.90 Å². The largest absolute Gasteiger partial charge is 0.342 e. The highest BCUT2D eigenvalue weighted by atomic mass is 16.2. The number of amides is 2. The molecule has 3 rings (SSSR count). The van der Waals surface area contributed by atoms with E-state index in [0.29, 0.717) is 17.7 Å². The van der Waals surface area contributed by atoms with E-state index in [1.165, 1.54) is 44.9 Å². The van der Waals surface area contributed by atoms with E-state index in [9.17, 15) is 9.59 Å². The number of rotatable bonds is 6. The van der Waals surface area contributed by atoms with Gasteiger partial charge in [0.15, 0.2) is 0 Å². The van der Waals surface area contributed by atoms with E-state index in [1.54, 1.807) is 0 Å². The van der Waals surface area contributed by atoms with Crippen molar-refractivity contribution in [2.75, 3.05) is 39.3 Å². The zero-order valence-corrected chi connectivity index (χ0v) is 17.5. The Hall–Kier alpha value is -1.10. The third kappa shape index (κ3) is 4.85. The first-order chi connectivity index (χ1) is 13.2. The fourth-order valence-electron chi connectivity index (χ4n) is 5.48. The number of nitrogens with zero attached hydrogens (tertiary/aromatic N) is 3. The summed E-state index contributed by atoms with van der Waals surface area (Å²) in [5.74, 6) is 1.45. The maximum atomic E-state index is 13.3. The quantitative estimate of drug-likeness (QED) is 0.714. The van der Waals surface area contributed by atoms with Crippen LogP contribution < -0.4 is 0 Å². The molecule has 2 saturated carbocycles. The molecule has 0 N–H and O–H groups in total. The Morgan fingerprint density at radius 2 is 1.41 bits per heavy atom. The van der Waals surface area contributed by atoms with Gasteiger partial charge in [-0.25, -0.2) is 0 Å². The van der Waals surface area contributed by atoms with Crippen molar-refractivity contribution >= 4 is 11.8 Å². The molecule has 1 saturated heterocycles. The van der Waals surface area contributed by atoms with Gasteiger partial charge < -0.3 is 9.80 Å². The summed E-state index contributed by atoms with van der Waals surface area (Å²) < 4.78 is 0. The van der Waals surface area contributed by atoms with Crippen molar-refractivity contribution in [3.8, 4) is 0 Å². The molecule has 2 aliphatic carbocycles. The third-order valence-corrected chi connectivity index (χ3v) is 7.15. The first kappa shape index (κ1) is 20.6. The van der Waals surface area contributed by atoms with Gasteiger partial charge in [-0.15, -0.1) is 0 Å². The third-order valence-electron chi connectivity index (χ3n) is 7.15. The molecule has 1 aliphatic heterocycles. The average Bonchev–Trinajstić information content (AvgIpc) is 3.24. The maximum Gasteiger partial charge on any atom is 0.240 e. The molecule has 0 radical (unpaired) electrons. The van der Waals surface area contributed by atoms with Gasteiger partial charge >= 0.3 is 0 Å². The lowest BCUT2D eigenvalue weighted by Crippen LogP contribution is -2.59. The summed E-state index contributed by atoms with van der Waals surface area (Å²) in [6.45, 7) is 9.03. The Balaban J connectivity index is 1.61. The number of carbonyl (C=O) groups excluding carboxylic acids is 2. The van der Waals surface area contributed by atoms with Crippen molar-refractivity contribution in [1.29, 1.82) is 0 Å². The topological polar surface area (TPSA) is 43.9 Å². The van der Waals surface area contributed by atoms with Gasteiger partial charge in [-0.3, -0.25) is 14.5 Å². The van der Waals surface area contributed by atoms with Crippen molar-refractivity contribution in [3.63, 3.8) is 0 Å². The van der Waals surface area contributed by atoms with E-state index < -0.39 is 0 Å². The van der Waals surface area contributed by atoms with E-state index in [4.69, 9.17) is 0 Å². The lowest BCUT2D eigenvalue weighted by Gasteiger charge is -2.43. The first-order valence-corrected chi connectivity index (χ1v) is 11.5. The van der Waals surface area contributed by atoms with Crippen LogP contribution in [0.15, 0.2) is 0 Å². The Morgan fingerprint density at radius 1 is 0.852 bits per heavy atom. The van der Waals surface area contributed by atoms with Crippen molar-refractivity contribution in [1.82, 2.24) is 14.7 Å². The first-order valence-electron chi connectivity index (χ1n) is 11.5. The van der Waals surface area contributed by atoms with Crippen LogP contribution >= 0.6 is 0 Å². The van der Waals surface area contributed by atoms with Gasteiger partial charge in [-0.05, 0) is 45.4 Å². The fourth-order valence-corrected chi connectivity index (χ4v) is 5.48. The standard InChI is InChI=1S/C22H39N3O2/c1-3-23(4-2)22(27)20(18-10-8-9-11-18)24-14-16-25(17-15-24)21(26)19-12-6-5-7-13-19/h18-20H,3-17H2,1-2H3. The minimum atomic E-state index is 0.0272. The van der Waals surface area contributed by atoms with Crippen LogP contribution in [0.3, 0.4) is 0 Å². The second kappa shape index (κ2) is 9.90. The normalized spacial score (nSPS) is 24.1. The SMILES string of the molecule is CCN(CC)C(=O)C(C1CCCC1)N1CCN(C(=O)C2CCCCC2)CC1. The molecule has 0 aromatic carbocycles. The summed E-state index contributed by atoms with van der Waals surface area (Å²) in [6, 6.07) is 0.0272. The monoisotopic (exact) mass is 377 g/mol. The summed E-state index contributed by atoms with van der Waals surface area (Å²) in [7, 11) is 0. The molecule has 0 aromatic rings. The van der Waals surface area contributed by atoms with Crippen LogP contribution in [0, 0.1) is 11.8 Å². The molecule has 0 bridgehead atoms.